The Balaban J connectivity index is 1.63. The van der Waals surface area contributed by atoms with Gasteiger partial charge in [-0.1, -0.05) is 36.4 Å². The summed E-state index contributed by atoms with van der Waals surface area (Å²) >= 11 is 0. The molecule has 0 aromatic heterocycles. The van der Waals surface area contributed by atoms with Crippen LogP contribution >= 0.6 is 0 Å². The summed E-state index contributed by atoms with van der Waals surface area (Å²) in [7, 11) is 0. The second kappa shape index (κ2) is 7.58. The van der Waals surface area contributed by atoms with Crippen LogP contribution in [0.15, 0.2) is 78.9 Å². The number of carboxylic acid groups (broad SMARTS) is 1. The van der Waals surface area contributed by atoms with Crippen molar-refractivity contribution in [1.29, 1.82) is 0 Å². The van der Waals surface area contributed by atoms with E-state index in [0.29, 0.717) is 11.3 Å². The van der Waals surface area contributed by atoms with Crippen molar-refractivity contribution in [3.05, 3.63) is 95.8 Å². The molecule has 5 rings (SSSR count). The molecule has 0 spiro atoms. The van der Waals surface area contributed by atoms with Crippen molar-refractivity contribution in [3.63, 3.8) is 0 Å². The van der Waals surface area contributed by atoms with Crippen LogP contribution in [0.2, 0.25) is 0 Å². The zero-order valence-corrected chi connectivity index (χ0v) is 16.6. The Morgan fingerprint density at radius 3 is 2.19 bits per heavy atom. The molecule has 3 unspecified atom stereocenters. The number of anilines is 2. The lowest BCUT2D eigenvalue weighted by molar-refractivity contribution is -0.126. The maximum Gasteiger partial charge on any atom is 0.336 e. The molecule has 160 valence electrons. The van der Waals surface area contributed by atoms with Crippen molar-refractivity contribution >= 4 is 29.2 Å². The van der Waals surface area contributed by atoms with E-state index in [1.165, 1.54) is 35.4 Å². The molecule has 3 aromatic carbocycles. The fourth-order valence-corrected chi connectivity index (χ4v) is 4.32. The fourth-order valence-electron chi connectivity index (χ4n) is 4.32. The number of fused-ring (bicyclic) bond motifs is 1. The minimum atomic E-state index is -1.15. The van der Waals surface area contributed by atoms with Gasteiger partial charge >= 0.3 is 5.97 Å². The van der Waals surface area contributed by atoms with Crippen LogP contribution in [0.25, 0.3) is 0 Å². The largest absolute Gasteiger partial charge is 0.478 e. The minimum absolute atomic E-state index is 0.0168. The first-order valence-corrected chi connectivity index (χ1v) is 9.94. The molecule has 0 aliphatic carbocycles. The average molecular weight is 432 g/mol. The minimum Gasteiger partial charge on any atom is -0.478 e. The van der Waals surface area contributed by atoms with E-state index in [-0.39, 0.29) is 11.3 Å². The Morgan fingerprint density at radius 1 is 0.844 bits per heavy atom. The van der Waals surface area contributed by atoms with Gasteiger partial charge in [-0.2, -0.15) is 0 Å². The van der Waals surface area contributed by atoms with E-state index in [4.69, 9.17) is 4.84 Å². The molecule has 2 saturated heterocycles. The van der Waals surface area contributed by atoms with E-state index < -0.39 is 41.7 Å². The number of carbonyl (C=O) groups excluding carboxylic acids is 2. The number of benzene rings is 3. The quantitative estimate of drug-likeness (QED) is 0.635. The topological polar surface area (TPSA) is 87.2 Å². The molecule has 7 nitrogen and oxygen atoms in total. The van der Waals surface area contributed by atoms with Crippen LogP contribution in [-0.4, -0.2) is 29.0 Å². The molecular weight excluding hydrogens is 415 g/mol. The molecule has 0 radical (unpaired) electrons. The molecule has 0 saturated carbocycles. The van der Waals surface area contributed by atoms with E-state index in [1.54, 1.807) is 42.5 Å². The number of hydroxylamine groups is 1. The Kier molecular flexibility index (Phi) is 4.71. The van der Waals surface area contributed by atoms with Gasteiger partial charge in [-0.25, -0.2) is 19.1 Å². The number of carbonyl (C=O) groups is 3. The lowest BCUT2D eigenvalue weighted by Crippen LogP contribution is -2.37. The van der Waals surface area contributed by atoms with Crippen molar-refractivity contribution in [3.8, 4) is 0 Å². The van der Waals surface area contributed by atoms with Gasteiger partial charge in [0.1, 0.15) is 11.7 Å². The van der Waals surface area contributed by atoms with Crippen LogP contribution in [0.5, 0.6) is 0 Å². The standard InChI is InChI=1S/C24H17FN2O5/c25-14-10-12-15(13-11-14)26-22(28)19-20(17-8-4-5-9-18(17)24(30)31)27(32-21(19)23(26)29)16-6-2-1-3-7-16/h1-13,19-21H,(H,30,31). The molecule has 2 heterocycles. The van der Waals surface area contributed by atoms with E-state index in [0.717, 1.165) is 4.90 Å². The van der Waals surface area contributed by atoms with Crippen LogP contribution in [0.1, 0.15) is 22.0 Å². The highest BCUT2D eigenvalue weighted by Gasteiger charge is 2.60. The fraction of sp³-hybridized carbons (Fsp3) is 0.125. The summed E-state index contributed by atoms with van der Waals surface area (Å²) in [4.78, 5) is 45.6. The molecular formula is C24H17FN2O5. The van der Waals surface area contributed by atoms with E-state index >= 15 is 0 Å². The number of amides is 2. The highest BCUT2D eigenvalue weighted by atomic mass is 19.1. The number of rotatable bonds is 4. The first kappa shape index (κ1) is 19.9. The van der Waals surface area contributed by atoms with Gasteiger partial charge in [0.15, 0.2) is 6.10 Å². The summed E-state index contributed by atoms with van der Waals surface area (Å²) < 4.78 is 13.4. The second-order valence-electron chi connectivity index (χ2n) is 7.54. The zero-order valence-electron chi connectivity index (χ0n) is 16.6. The summed E-state index contributed by atoms with van der Waals surface area (Å²) in [6.45, 7) is 0. The van der Waals surface area contributed by atoms with Crippen LogP contribution < -0.4 is 9.96 Å². The number of aromatic carboxylic acids is 1. The Hall–Kier alpha value is -4.04. The van der Waals surface area contributed by atoms with Crippen molar-refractivity contribution < 1.29 is 28.7 Å². The predicted molar refractivity (Wildman–Crippen MR) is 112 cm³/mol. The third-order valence-corrected chi connectivity index (χ3v) is 5.72. The van der Waals surface area contributed by atoms with Gasteiger partial charge in [-0.15, -0.1) is 0 Å². The second-order valence-corrected chi connectivity index (χ2v) is 7.54. The van der Waals surface area contributed by atoms with Crippen molar-refractivity contribution in [2.45, 2.75) is 12.1 Å². The average Bonchev–Trinajstić information content (AvgIpc) is 3.31. The number of carboxylic acids is 1. The number of hydrogen-bond donors (Lipinski definition) is 1. The number of imide groups is 1. The third-order valence-electron chi connectivity index (χ3n) is 5.72. The van der Waals surface area contributed by atoms with Crippen molar-refractivity contribution in [1.82, 2.24) is 0 Å². The van der Waals surface area contributed by atoms with Gasteiger partial charge in [0.25, 0.3) is 5.91 Å². The lowest BCUT2D eigenvalue weighted by atomic mass is 9.88. The molecule has 0 bridgehead atoms. The molecule has 2 aliphatic heterocycles. The molecule has 1 N–H and O–H groups in total. The van der Waals surface area contributed by atoms with E-state index in [1.807, 2.05) is 6.07 Å². The molecule has 2 fully saturated rings. The van der Waals surface area contributed by atoms with E-state index in [2.05, 4.69) is 0 Å². The maximum atomic E-state index is 13.5. The number of halogens is 1. The summed E-state index contributed by atoms with van der Waals surface area (Å²) in [5, 5.41) is 11.2. The molecule has 32 heavy (non-hydrogen) atoms. The molecule has 2 amide bonds. The van der Waals surface area contributed by atoms with E-state index in [9.17, 15) is 23.9 Å². The molecule has 3 atom stereocenters. The van der Waals surface area contributed by atoms with Gasteiger partial charge in [0, 0.05) is 0 Å². The van der Waals surface area contributed by atoms with Crippen molar-refractivity contribution in [2.24, 2.45) is 5.92 Å². The van der Waals surface area contributed by atoms with Gasteiger partial charge in [-0.05, 0) is 48.0 Å². The Labute approximate surface area is 182 Å². The Bertz CT molecular complexity index is 1210. The lowest BCUT2D eigenvalue weighted by Gasteiger charge is -2.29. The summed E-state index contributed by atoms with van der Waals surface area (Å²) in [5.74, 6) is -3.73. The van der Waals surface area contributed by atoms with Crippen LogP contribution in [0.3, 0.4) is 0 Å². The van der Waals surface area contributed by atoms with Crippen LogP contribution in [0, 0.1) is 11.7 Å². The third kappa shape index (κ3) is 3.04. The summed E-state index contributed by atoms with van der Waals surface area (Å²) in [5.41, 5.74) is 1.19. The zero-order chi connectivity index (χ0) is 22.4. The van der Waals surface area contributed by atoms with Gasteiger partial charge < -0.3 is 5.11 Å². The normalized spacial score (nSPS) is 22.3. The first-order chi connectivity index (χ1) is 15.5. The number of para-hydroxylation sites is 1. The van der Waals surface area contributed by atoms with Crippen LogP contribution in [-0.2, 0) is 14.4 Å². The number of hydrogen-bond acceptors (Lipinski definition) is 5. The monoisotopic (exact) mass is 432 g/mol. The van der Waals surface area contributed by atoms with Crippen molar-refractivity contribution in [2.75, 3.05) is 9.96 Å². The number of nitrogens with zero attached hydrogens (tertiary/aromatic N) is 2. The highest BCUT2D eigenvalue weighted by molar-refractivity contribution is 6.24. The highest BCUT2D eigenvalue weighted by Crippen LogP contribution is 2.48. The first-order valence-electron chi connectivity index (χ1n) is 9.94. The Morgan fingerprint density at radius 2 is 1.50 bits per heavy atom. The molecule has 2 aliphatic rings. The molecule has 3 aromatic rings. The smallest absolute Gasteiger partial charge is 0.336 e. The summed E-state index contributed by atoms with van der Waals surface area (Å²) in [6, 6.07) is 19.4. The van der Waals surface area contributed by atoms with Gasteiger partial charge in [0.05, 0.1) is 23.0 Å². The predicted octanol–water partition coefficient (Wildman–Crippen LogP) is 3.58. The SMILES string of the molecule is O=C(O)c1ccccc1C1C2C(=O)N(c3ccc(F)cc3)C(=O)C2ON1c1ccccc1. The molecule has 8 heteroatoms. The maximum absolute atomic E-state index is 13.5. The van der Waals surface area contributed by atoms with Crippen LogP contribution in [0.4, 0.5) is 15.8 Å². The summed E-state index contributed by atoms with van der Waals surface area (Å²) in [6.07, 6.45) is -1.14. The van der Waals surface area contributed by atoms with Gasteiger partial charge in [0.2, 0.25) is 5.91 Å². The van der Waals surface area contributed by atoms with Gasteiger partial charge in [-0.3, -0.25) is 14.4 Å².